The van der Waals surface area contributed by atoms with Gasteiger partial charge in [-0.3, -0.25) is 19.7 Å². The van der Waals surface area contributed by atoms with E-state index in [9.17, 15) is 14.4 Å². The van der Waals surface area contributed by atoms with Gasteiger partial charge in [0.05, 0.1) is 39.8 Å². The van der Waals surface area contributed by atoms with Crippen LogP contribution in [0.15, 0.2) is 35.2 Å². The molecule has 0 bridgehead atoms. The number of methoxy groups -OCH3 is 4. The number of amides is 2. The molecule has 2 aromatic carbocycles. The molecule has 1 aliphatic heterocycles. The van der Waals surface area contributed by atoms with Gasteiger partial charge in [0.1, 0.15) is 0 Å². The number of ether oxygens (including phenoxy) is 5. The standard InChI is InChI=1S/C22H21NO8S/c1-27-15-7-12(10-18-21(25)23-22(26)32-18)5-6-14(15)31-19(24)11-13-8-16(28-2)20(30-4)17(9-13)29-3/h5-10H,11H2,1-4H3,(H,23,25,26). The van der Waals surface area contributed by atoms with Crippen LogP contribution in [0.1, 0.15) is 11.1 Å². The van der Waals surface area contributed by atoms with Crippen LogP contribution in [0.25, 0.3) is 6.08 Å². The Morgan fingerprint density at radius 1 is 0.906 bits per heavy atom. The van der Waals surface area contributed by atoms with Gasteiger partial charge < -0.3 is 23.7 Å². The van der Waals surface area contributed by atoms with Crippen molar-refractivity contribution in [2.24, 2.45) is 0 Å². The van der Waals surface area contributed by atoms with E-state index in [2.05, 4.69) is 5.32 Å². The lowest BCUT2D eigenvalue weighted by atomic mass is 10.1. The van der Waals surface area contributed by atoms with E-state index in [0.717, 1.165) is 11.8 Å². The van der Waals surface area contributed by atoms with Crippen LogP contribution in [-0.4, -0.2) is 45.6 Å². The summed E-state index contributed by atoms with van der Waals surface area (Å²) in [5.74, 6) is 0.807. The second kappa shape index (κ2) is 10.1. The number of benzene rings is 2. The molecule has 1 N–H and O–H groups in total. The third kappa shape index (κ3) is 5.14. The Kier molecular flexibility index (Phi) is 7.26. The SMILES string of the molecule is COc1cc(C=C2SC(=O)NC2=O)ccc1OC(=O)Cc1cc(OC)c(OC)c(OC)c1. The van der Waals surface area contributed by atoms with Gasteiger partial charge in [-0.2, -0.15) is 0 Å². The maximum atomic E-state index is 12.6. The van der Waals surface area contributed by atoms with Crippen LogP contribution in [0, 0.1) is 0 Å². The molecule has 1 aliphatic rings. The lowest BCUT2D eigenvalue weighted by molar-refractivity contribution is -0.133. The topological polar surface area (TPSA) is 109 Å². The van der Waals surface area contributed by atoms with Gasteiger partial charge >= 0.3 is 5.97 Å². The normalized spacial score (nSPS) is 14.2. The first kappa shape index (κ1) is 23.0. The molecule has 1 fully saturated rings. The first-order valence-corrected chi connectivity index (χ1v) is 10.1. The van der Waals surface area contributed by atoms with Crippen molar-refractivity contribution in [3.63, 3.8) is 0 Å². The first-order chi connectivity index (χ1) is 15.4. The molecule has 0 aromatic heterocycles. The van der Waals surface area contributed by atoms with Crippen molar-refractivity contribution in [3.05, 3.63) is 46.4 Å². The zero-order chi connectivity index (χ0) is 23.3. The number of esters is 1. The van der Waals surface area contributed by atoms with Crippen LogP contribution < -0.4 is 29.0 Å². The van der Waals surface area contributed by atoms with Crippen LogP contribution in [0.2, 0.25) is 0 Å². The van der Waals surface area contributed by atoms with E-state index in [1.807, 2.05) is 0 Å². The lowest BCUT2D eigenvalue weighted by Gasteiger charge is -2.14. The Balaban J connectivity index is 1.77. The van der Waals surface area contributed by atoms with Crippen molar-refractivity contribution in [1.82, 2.24) is 5.32 Å². The monoisotopic (exact) mass is 459 g/mol. The Hall–Kier alpha value is -3.66. The number of imide groups is 1. The molecule has 1 saturated heterocycles. The number of nitrogens with one attached hydrogen (secondary N) is 1. The van der Waals surface area contributed by atoms with Crippen molar-refractivity contribution in [2.45, 2.75) is 6.42 Å². The summed E-state index contributed by atoms with van der Waals surface area (Å²) in [6.07, 6.45) is 1.50. The molecule has 0 saturated carbocycles. The largest absolute Gasteiger partial charge is 0.493 e. The molecule has 1 heterocycles. The van der Waals surface area contributed by atoms with Crippen molar-refractivity contribution in [2.75, 3.05) is 28.4 Å². The van der Waals surface area contributed by atoms with Crippen LogP contribution in [0.3, 0.4) is 0 Å². The van der Waals surface area contributed by atoms with Gasteiger partial charge in [0.15, 0.2) is 23.0 Å². The number of hydrogen-bond acceptors (Lipinski definition) is 9. The summed E-state index contributed by atoms with van der Waals surface area (Å²) in [4.78, 5) is 35.8. The van der Waals surface area contributed by atoms with Crippen LogP contribution in [0.5, 0.6) is 28.7 Å². The molecule has 2 amide bonds. The number of rotatable bonds is 8. The van der Waals surface area contributed by atoms with Gasteiger partial charge in [0.25, 0.3) is 11.1 Å². The van der Waals surface area contributed by atoms with Crippen molar-refractivity contribution in [1.29, 1.82) is 0 Å². The summed E-state index contributed by atoms with van der Waals surface area (Å²) in [5.41, 5.74) is 1.22. The third-order valence-electron chi connectivity index (χ3n) is 4.42. The van der Waals surface area contributed by atoms with E-state index in [4.69, 9.17) is 23.7 Å². The fraction of sp³-hybridized carbons (Fsp3) is 0.227. The number of hydrogen-bond donors (Lipinski definition) is 1. The second-order valence-electron chi connectivity index (χ2n) is 6.45. The highest BCUT2D eigenvalue weighted by Crippen LogP contribution is 2.38. The second-order valence-corrected chi connectivity index (χ2v) is 7.46. The Labute approximate surface area is 188 Å². The number of thioether (sulfide) groups is 1. The van der Waals surface area contributed by atoms with Gasteiger partial charge in [-0.25, -0.2) is 0 Å². The molecule has 0 aliphatic carbocycles. The highest BCUT2D eigenvalue weighted by molar-refractivity contribution is 8.18. The van der Waals surface area contributed by atoms with E-state index in [-0.39, 0.29) is 17.1 Å². The van der Waals surface area contributed by atoms with Gasteiger partial charge in [0, 0.05) is 0 Å². The first-order valence-electron chi connectivity index (χ1n) is 9.31. The molecule has 0 atom stereocenters. The molecule has 3 rings (SSSR count). The summed E-state index contributed by atoms with van der Waals surface area (Å²) >= 11 is 0.812. The minimum Gasteiger partial charge on any atom is -0.493 e. The van der Waals surface area contributed by atoms with E-state index in [0.29, 0.717) is 34.1 Å². The van der Waals surface area contributed by atoms with Crippen LogP contribution >= 0.6 is 11.8 Å². The number of carbonyl (C=O) groups is 3. The molecule has 0 unspecified atom stereocenters. The van der Waals surface area contributed by atoms with E-state index >= 15 is 0 Å². The Morgan fingerprint density at radius 3 is 2.09 bits per heavy atom. The van der Waals surface area contributed by atoms with E-state index < -0.39 is 17.1 Å². The average Bonchev–Trinajstić information content (AvgIpc) is 3.10. The van der Waals surface area contributed by atoms with Crippen molar-refractivity contribution >= 4 is 35.0 Å². The summed E-state index contributed by atoms with van der Waals surface area (Å²) in [5, 5.41) is 1.76. The minimum atomic E-state index is -0.528. The summed E-state index contributed by atoms with van der Waals surface area (Å²) in [6.45, 7) is 0. The van der Waals surface area contributed by atoms with E-state index in [1.165, 1.54) is 28.4 Å². The maximum Gasteiger partial charge on any atom is 0.315 e. The molecule has 0 radical (unpaired) electrons. The third-order valence-corrected chi connectivity index (χ3v) is 5.23. The predicted octanol–water partition coefficient (Wildman–Crippen LogP) is 3.19. The van der Waals surface area contributed by atoms with Gasteiger partial charge in [-0.15, -0.1) is 0 Å². The molecule has 2 aromatic rings. The smallest absolute Gasteiger partial charge is 0.315 e. The van der Waals surface area contributed by atoms with E-state index in [1.54, 1.807) is 36.4 Å². The summed E-state index contributed by atoms with van der Waals surface area (Å²) < 4.78 is 26.7. The average molecular weight is 459 g/mol. The minimum absolute atomic E-state index is 0.0510. The molecule has 10 heteroatoms. The molecular formula is C22H21NO8S. The van der Waals surface area contributed by atoms with Crippen LogP contribution in [-0.2, 0) is 16.0 Å². The summed E-state index contributed by atoms with van der Waals surface area (Å²) in [7, 11) is 5.91. The molecule has 168 valence electrons. The Morgan fingerprint density at radius 2 is 1.56 bits per heavy atom. The molecule has 32 heavy (non-hydrogen) atoms. The number of carbonyl (C=O) groups excluding carboxylic acids is 3. The fourth-order valence-corrected chi connectivity index (χ4v) is 3.68. The highest BCUT2D eigenvalue weighted by atomic mass is 32.2. The van der Waals surface area contributed by atoms with Gasteiger partial charge in [0.2, 0.25) is 5.75 Å². The van der Waals surface area contributed by atoms with Crippen LogP contribution in [0.4, 0.5) is 4.79 Å². The molecular weight excluding hydrogens is 438 g/mol. The van der Waals surface area contributed by atoms with Gasteiger partial charge in [-0.05, 0) is 53.2 Å². The van der Waals surface area contributed by atoms with Gasteiger partial charge in [-0.1, -0.05) is 6.07 Å². The Bertz CT molecular complexity index is 1070. The molecule has 0 spiro atoms. The maximum absolute atomic E-state index is 12.6. The van der Waals surface area contributed by atoms with Crippen molar-refractivity contribution in [3.8, 4) is 28.7 Å². The quantitative estimate of drug-likeness (QED) is 0.361. The zero-order valence-electron chi connectivity index (χ0n) is 17.8. The molecule has 9 nitrogen and oxygen atoms in total. The highest BCUT2D eigenvalue weighted by Gasteiger charge is 2.25. The fourth-order valence-electron chi connectivity index (χ4n) is 2.99. The summed E-state index contributed by atoms with van der Waals surface area (Å²) in [6, 6.07) is 8.14. The zero-order valence-corrected chi connectivity index (χ0v) is 18.7. The predicted molar refractivity (Wildman–Crippen MR) is 118 cm³/mol. The lowest BCUT2D eigenvalue weighted by Crippen LogP contribution is -2.17. The van der Waals surface area contributed by atoms with Crippen molar-refractivity contribution < 1.29 is 38.1 Å².